The number of nitrogen functional groups attached to an aromatic ring is 1. The van der Waals surface area contributed by atoms with E-state index in [0.29, 0.717) is 17.4 Å². The number of aromatic nitrogens is 3. The fourth-order valence-corrected chi connectivity index (χ4v) is 6.66. The number of piperazine rings is 1. The first kappa shape index (κ1) is 32.5. The maximum absolute atomic E-state index is 16.7. The molecule has 2 N–H and O–H groups in total. The van der Waals surface area contributed by atoms with Gasteiger partial charge in [-0.25, -0.2) is 22.5 Å². The summed E-state index contributed by atoms with van der Waals surface area (Å²) >= 11 is 0.700. The highest BCUT2D eigenvalue weighted by atomic mass is 32.1. The Hall–Kier alpha value is -4.43. The number of nitrogens with zero attached hydrogens (tertiary/aromatic N) is 6. The number of ether oxygens (including phenoxy) is 1. The molecule has 0 saturated carbocycles. The van der Waals surface area contributed by atoms with E-state index in [1.54, 1.807) is 4.90 Å². The number of fused-ring (bicyclic) bond motifs is 2. The van der Waals surface area contributed by atoms with Crippen molar-refractivity contribution in [3.63, 3.8) is 0 Å². The molecule has 17 heteroatoms. The zero-order valence-corrected chi connectivity index (χ0v) is 25.7. The van der Waals surface area contributed by atoms with E-state index in [1.165, 1.54) is 23.8 Å². The average Bonchev–Trinajstić information content (AvgIpc) is 3.53. The van der Waals surface area contributed by atoms with Gasteiger partial charge in [0.15, 0.2) is 10.9 Å². The molecule has 1 atom stereocenters. The number of thiazole rings is 1. The number of anilines is 2. The van der Waals surface area contributed by atoms with E-state index in [2.05, 4.69) is 26.8 Å². The first-order valence-electron chi connectivity index (χ1n) is 14.3. The molecule has 0 bridgehead atoms. The van der Waals surface area contributed by atoms with Crippen molar-refractivity contribution in [1.82, 2.24) is 24.8 Å². The minimum absolute atomic E-state index is 0.0989. The van der Waals surface area contributed by atoms with Gasteiger partial charge in [-0.15, -0.1) is 0 Å². The van der Waals surface area contributed by atoms with Crippen LogP contribution in [-0.2, 0) is 11.0 Å². The molecule has 0 unspecified atom stereocenters. The number of halogens is 7. The Bertz CT molecular complexity index is 1950. The number of likely N-dealkylation sites (N-methyl/N-ethyl adjacent to an activating group) is 1. The summed E-state index contributed by atoms with van der Waals surface area (Å²) in [6.45, 7) is 1.19. The number of hydrogen-bond acceptors (Lipinski definition) is 9. The highest BCUT2D eigenvalue weighted by molar-refractivity contribution is 7.22. The van der Waals surface area contributed by atoms with Crippen LogP contribution in [0.5, 0.6) is 6.01 Å². The van der Waals surface area contributed by atoms with Gasteiger partial charge in [-0.1, -0.05) is 17.3 Å². The maximum Gasteiger partial charge on any atom is 0.417 e. The lowest BCUT2D eigenvalue weighted by Gasteiger charge is -2.35. The van der Waals surface area contributed by atoms with Crippen LogP contribution < -0.4 is 15.4 Å². The van der Waals surface area contributed by atoms with E-state index < -0.39 is 71.3 Å². The highest BCUT2D eigenvalue weighted by Gasteiger charge is 2.44. The number of hydrogen-bond donors (Lipinski definition) is 1. The Morgan fingerprint density at radius 1 is 1.13 bits per heavy atom. The molecule has 2 aliphatic rings. The molecular weight excluding hydrogens is 655 g/mol. The molecule has 2 fully saturated rings. The van der Waals surface area contributed by atoms with Gasteiger partial charge in [0.05, 0.1) is 22.3 Å². The molecule has 2 saturated heterocycles. The van der Waals surface area contributed by atoms with Crippen molar-refractivity contribution in [1.29, 1.82) is 0 Å². The van der Waals surface area contributed by atoms with E-state index in [4.69, 9.17) is 10.5 Å². The number of rotatable bonds is 5. The molecule has 1 amide bonds. The molecule has 2 aromatic carbocycles. The van der Waals surface area contributed by atoms with Crippen LogP contribution in [0, 0.1) is 23.5 Å². The van der Waals surface area contributed by atoms with Gasteiger partial charge >= 0.3 is 12.2 Å². The van der Waals surface area contributed by atoms with Crippen LogP contribution in [0.4, 0.5) is 41.7 Å². The van der Waals surface area contributed by atoms with Crippen molar-refractivity contribution in [3.8, 4) is 29.0 Å². The van der Waals surface area contributed by atoms with Gasteiger partial charge < -0.3 is 20.3 Å². The summed E-state index contributed by atoms with van der Waals surface area (Å²) in [5.41, 5.74) is 2.25. The molecule has 6 rings (SSSR count). The third-order valence-electron chi connectivity index (χ3n) is 8.12. The quantitative estimate of drug-likeness (QED) is 0.228. The Balaban J connectivity index is 1.51. The second kappa shape index (κ2) is 12.0. The number of nitrogens with two attached hydrogens (primary N) is 1. The lowest BCUT2D eigenvalue weighted by molar-refractivity contribution is -0.137. The second-order valence-electron chi connectivity index (χ2n) is 11.3. The molecule has 2 aromatic heterocycles. The summed E-state index contributed by atoms with van der Waals surface area (Å²) in [5, 5.41) is -0.439. The fourth-order valence-electron chi connectivity index (χ4n) is 5.90. The van der Waals surface area contributed by atoms with Gasteiger partial charge in [0, 0.05) is 55.2 Å². The smallest absolute Gasteiger partial charge is 0.417 e. The third-order valence-corrected chi connectivity index (χ3v) is 9.01. The van der Waals surface area contributed by atoms with E-state index in [-0.39, 0.29) is 64.9 Å². The number of likely N-dealkylation sites (tertiary alicyclic amines) is 1. The number of alkyl halides is 5. The summed E-state index contributed by atoms with van der Waals surface area (Å²) in [7, 11) is 1.49. The molecular formula is C30H26F7N7O2S. The summed E-state index contributed by atoms with van der Waals surface area (Å²) in [4.78, 5) is 29.1. The lowest BCUT2D eigenvalue weighted by Crippen LogP contribution is -2.48. The van der Waals surface area contributed by atoms with Crippen molar-refractivity contribution >= 4 is 49.3 Å². The van der Waals surface area contributed by atoms with E-state index >= 15 is 4.39 Å². The summed E-state index contributed by atoms with van der Waals surface area (Å²) < 4.78 is 109. The Labute approximate surface area is 267 Å². The summed E-state index contributed by atoms with van der Waals surface area (Å²) in [6, 6.07) is 1.41. The van der Waals surface area contributed by atoms with Crippen molar-refractivity contribution in [2.75, 3.05) is 57.0 Å². The Morgan fingerprint density at radius 3 is 2.49 bits per heavy atom. The Kier molecular flexibility index (Phi) is 8.29. The van der Waals surface area contributed by atoms with E-state index in [9.17, 15) is 31.1 Å². The second-order valence-corrected chi connectivity index (χ2v) is 12.3. The number of carbonyl (C=O) groups is 1. The predicted octanol–water partition coefficient (Wildman–Crippen LogP) is 5.18. The first-order valence-corrected chi connectivity index (χ1v) is 15.1. The molecule has 0 radical (unpaired) electrons. The largest absolute Gasteiger partial charge is 0.462 e. The van der Waals surface area contributed by atoms with Gasteiger partial charge in [0.2, 0.25) is 0 Å². The van der Waals surface area contributed by atoms with Crippen LogP contribution in [0.15, 0.2) is 18.2 Å². The third kappa shape index (κ3) is 6.19. The monoisotopic (exact) mass is 681 g/mol. The van der Waals surface area contributed by atoms with Crippen molar-refractivity contribution in [3.05, 3.63) is 35.4 Å². The molecule has 2 aliphatic heterocycles. The highest BCUT2D eigenvalue weighted by Crippen LogP contribution is 2.46. The zero-order valence-electron chi connectivity index (χ0n) is 24.9. The molecule has 47 heavy (non-hydrogen) atoms. The molecule has 4 aromatic rings. The van der Waals surface area contributed by atoms with Gasteiger partial charge in [0.25, 0.3) is 11.8 Å². The van der Waals surface area contributed by atoms with Gasteiger partial charge in [-0.2, -0.15) is 23.1 Å². The minimum Gasteiger partial charge on any atom is -0.462 e. The topological polar surface area (TPSA) is 101 Å². The average molecular weight is 682 g/mol. The molecule has 248 valence electrons. The summed E-state index contributed by atoms with van der Waals surface area (Å²) in [6.07, 6.45) is -5.60. The van der Waals surface area contributed by atoms with Gasteiger partial charge in [-0.05, 0) is 38.1 Å². The van der Waals surface area contributed by atoms with Crippen LogP contribution in [0.3, 0.4) is 0 Å². The summed E-state index contributed by atoms with van der Waals surface area (Å²) in [5.74, 6) is -0.724. The van der Waals surface area contributed by atoms with Gasteiger partial charge in [0.1, 0.15) is 23.8 Å². The van der Waals surface area contributed by atoms with E-state index in [1.807, 2.05) is 0 Å². The Morgan fingerprint density at radius 2 is 1.85 bits per heavy atom. The van der Waals surface area contributed by atoms with Crippen LogP contribution in [0.2, 0.25) is 0 Å². The fraction of sp³-hybridized carbons (Fsp3) is 0.400. The number of amides is 1. The van der Waals surface area contributed by atoms with E-state index in [0.717, 1.165) is 12.1 Å². The minimum atomic E-state index is -5.10. The lowest BCUT2D eigenvalue weighted by atomic mass is 9.95. The van der Waals surface area contributed by atoms with Crippen molar-refractivity contribution in [2.45, 2.75) is 31.5 Å². The van der Waals surface area contributed by atoms with Crippen LogP contribution in [0.1, 0.15) is 18.9 Å². The van der Waals surface area contributed by atoms with Crippen LogP contribution >= 0.6 is 11.3 Å². The molecule has 0 aliphatic carbocycles. The first-order chi connectivity index (χ1) is 22.2. The maximum atomic E-state index is 16.7. The van der Waals surface area contributed by atoms with Crippen molar-refractivity contribution < 1.29 is 40.3 Å². The number of carbonyl (C=O) groups excluding carboxylic acids is 1. The molecule has 9 nitrogen and oxygen atoms in total. The normalized spacial score (nSPS) is 18.5. The standard InChI is InChI=1S/C30H26F7N7O2S/c1-3-4-20(45)43-7-9-44(10-8-43)26-17-11-18(30(35,36)37)21(16-5-6-19(31)25-24(16)39-27(38)47-25)22(32)23(17)40-28(41-26)46-13-15-12-29(33,34)14-42(15)2/h5-6,11,15H,7-10,12-14H2,1-2H3,(H2,38,39)/t15-/m0/s1. The van der Waals surface area contributed by atoms with Crippen molar-refractivity contribution in [2.24, 2.45) is 0 Å². The zero-order chi connectivity index (χ0) is 33.8. The SMILES string of the molecule is CC#CC(=O)N1CCN(c2nc(OC[C@@H]3CC(F)(F)CN3C)nc3c(F)c(-c4ccc(F)c5sc(N)nc45)c(C(F)(F)F)cc23)CC1. The predicted molar refractivity (Wildman–Crippen MR) is 161 cm³/mol. The van der Waals surface area contributed by atoms with Gasteiger partial charge in [-0.3, -0.25) is 9.69 Å². The number of benzene rings is 2. The molecule has 0 spiro atoms. The van der Waals surface area contributed by atoms with Crippen LogP contribution in [0.25, 0.3) is 32.2 Å². The molecule has 4 heterocycles. The van der Waals surface area contributed by atoms with Crippen LogP contribution in [-0.4, -0.2) is 89.0 Å².